The van der Waals surface area contributed by atoms with Gasteiger partial charge in [0.05, 0.1) is 11.2 Å². The van der Waals surface area contributed by atoms with Gasteiger partial charge < -0.3 is 10.6 Å². The van der Waals surface area contributed by atoms with Gasteiger partial charge in [0, 0.05) is 18.5 Å². The Balaban J connectivity index is 1.87. The van der Waals surface area contributed by atoms with Gasteiger partial charge in [-0.2, -0.15) is 5.10 Å². The zero-order chi connectivity index (χ0) is 18.1. The molecule has 2 aromatic heterocycles. The lowest BCUT2D eigenvalue weighted by molar-refractivity contribution is -0.121. The third kappa shape index (κ3) is 2.75. The second-order valence-corrected chi connectivity index (χ2v) is 6.14. The fourth-order valence-corrected chi connectivity index (χ4v) is 3.11. The van der Waals surface area contributed by atoms with Gasteiger partial charge in [-0.25, -0.2) is 9.50 Å². The van der Waals surface area contributed by atoms with Gasteiger partial charge in [0.15, 0.2) is 5.65 Å². The number of nitrogens with one attached hydrogen (secondary N) is 2. The topological polar surface area (TPSA) is 71.3 Å². The number of amides is 1. The van der Waals surface area contributed by atoms with Crippen molar-refractivity contribution in [1.29, 1.82) is 0 Å². The van der Waals surface area contributed by atoms with Crippen molar-refractivity contribution in [3.63, 3.8) is 0 Å². The first-order valence-corrected chi connectivity index (χ1v) is 8.45. The largest absolute Gasteiger partial charge is 0.357 e. The van der Waals surface area contributed by atoms with E-state index in [4.69, 9.17) is 4.98 Å². The third-order valence-corrected chi connectivity index (χ3v) is 4.35. The Morgan fingerprint density at radius 1 is 1.08 bits per heavy atom. The molecule has 2 N–H and O–H groups in total. The highest BCUT2D eigenvalue weighted by atomic mass is 16.2. The highest BCUT2D eigenvalue weighted by Crippen LogP contribution is 2.27. The van der Waals surface area contributed by atoms with Crippen LogP contribution in [0.5, 0.6) is 0 Å². The zero-order valence-corrected chi connectivity index (χ0v) is 14.6. The summed E-state index contributed by atoms with van der Waals surface area (Å²) in [6.45, 7) is 1.94. The minimum Gasteiger partial charge on any atom is -0.357 e. The Morgan fingerprint density at radius 2 is 1.81 bits per heavy atom. The highest BCUT2D eigenvalue weighted by Gasteiger charge is 2.21. The molecule has 0 saturated carbocycles. The second-order valence-electron chi connectivity index (χ2n) is 6.14. The van der Waals surface area contributed by atoms with Gasteiger partial charge >= 0.3 is 0 Å². The normalized spacial score (nSPS) is 12.2. The third-order valence-electron chi connectivity index (χ3n) is 4.35. The number of benzene rings is 2. The van der Waals surface area contributed by atoms with Crippen LogP contribution in [0.3, 0.4) is 0 Å². The first-order chi connectivity index (χ1) is 12.7. The Bertz CT molecular complexity index is 1090. The van der Waals surface area contributed by atoms with E-state index in [0.717, 1.165) is 27.8 Å². The number of likely N-dealkylation sites (N-methyl/N-ethyl adjacent to an activating group) is 1. The molecule has 4 rings (SSSR count). The number of aryl methyl sites for hydroxylation is 1. The number of rotatable bonds is 4. The molecule has 0 bridgehead atoms. The quantitative estimate of drug-likeness (QED) is 0.596. The average Bonchev–Trinajstić information content (AvgIpc) is 3.06. The number of para-hydroxylation sites is 1. The Labute approximate surface area is 150 Å². The number of hydrogen-bond donors (Lipinski definition) is 2. The van der Waals surface area contributed by atoms with Gasteiger partial charge in [0.25, 0.3) is 0 Å². The number of nitrogens with zero attached hydrogens (tertiary/aromatic N) is 3. The monoisotopic (exact) mass is 345 g/mol. The molecule has 0 radical (unpaired) electrons. The predicted molar refractivity (Wildman–Crippen MR) is 102 cm³/mol. The van der Waals surface area contributed by atoms with Crippen molar-refractivity contribution >= 4 is 28.3 Å². The van der Waals surface area contributed by atoms with E-state index in [1.54, 1.807) is 7.05 Å². The molecule has 1 atom stereocenters. The standard InChI is InChI=1S/C20H19N5O/c1-13-12-17-22-19(15-10-6-7-11-16(15)25(17)24-13)23-18(20(26)21-2)14-8-4-3-5-9-14/h3-12,18H,1-2H3,(H,21,26)(H,22,23)/t18-/m1/s1. The summed E-state index contributed by atoms with van der Waals surface area (Å²) >= 11 is 0. The maximum absolute atomic E-state index is 12.5. The van der Waals surface area contributed by atoms with Crippen molar-refractivity contribution in [3.8, 4) is 0 Å². The van der Waals surface area contributed by atoms with Crippen LogP contribution in [-0.2, 0) is 4.79 Å². The van der Waals surface area contributed by atoms with Crippen molar-refractivity contribution in [2.45, 2.75) is 13.0 Å². The Hall–Kier alpha value is -3.41. The van der Waals surface area contributed by atoms with Crippen molar-refractivity contribution in [1.82, 2.24) is 19.9 Å². The summed E-state index contributed by atoms with van der Waals surface area (Å²) in [5.41, 5.74) is 3.46. The number of aromatic nitrogens is 3. The minimum atomic E-state index is -0.538. The molecule has 0 unspecified atom stereocenters. The Kier molecular flexibility index (Phi) is 4.01. The number of fused-ring (bicyclic) bond motifs is 3. The van der Waals surface area contributed by atoms with E-state index in [1.165, 1.54) is 0 Å². The zero-order valence-electron chi connectivity index (χ0n) is 14.6. The Morgan fingerprint density at radius 3 is 2.58 bits per heavy atom. The summed E-state index contributed by atoms with van der Waals surface area (Å²) in [6, 6.07) is 18.9. The molecule has 0 aliphatic carbocycles. The SMILES string of the molecule is CNC(=O)[C@H](Nc1nc2cc(C)nn2c2ccccc12)c1ccccc1. The summed E-state index contributed by atoms with van der Waals surface area (Å²) in [4.78, 5) is 17.2. The molecule has 6 heteroatoms. The van der Waals surface area contributed by atoms with Crippen molar-refractivity contribution in [3.05, 3.63) is 71.9 Å². The summed E-state index contributed by atoms with van der Waals surface area (Å²) < 4.78 is 1.83. The van der Waals surface area contributed by atoms with E-state index < -0.39 is 6.04 Å². The molecule has 130 valence electrons. The number of carbonyl (C=O) groups excluding carboxylic acids is 1. The molecule has 2 aromatic carbocycles. The minimum absolute atomic E-state index is 0.119. The fraction of sp³-hybridized carbons (Fsp3) is 0.150. The molecule has 26 heavy (non-hydrogen) atoms. The predicted octanol–water partition coefficient (Wildman–Crippen LogP) is 3.09. The molecule has 0 aliphatic rings. The lowest BCUT2D eigenvalue weighted by Gasteiger charge is -2.19. The fourth-order valence-electron chi connectivity index (χ4n) is 3.11. The first-order valence-electron chi connectivity index (χ1n) is 8.45. The molecule has 2 heterocycles. The molecule has 0 spiro atoms. The number of hydrogen-bond acceptors (Lipinski definition) is 4. The van der Waals surface area contributed by atoms with Crippen LogP contribution in [0, 0.1) is 6.92 Å². The summed E-state index contributed by atoms with van der Waals surface area (Å²) in [7, 11) is 1.63. The second kappa shape index (κ2) is 6.48. The van der Waals surface area contributed by atoms with Gasteiger partial charge in [0.1, 0.15) is 11.9 Å². The van der Waals surface area contributed by atoms with Crippen LogP contribution >= 0.6 is 0 Å². The van der Waals surface area contributed by atoms with Gasteiger partial charge in [-0.15, -0.1) is 0 Å². The van der Waals surface area contributed by atoms with E-state index >= 15 is 0 Å². The maximum atomic E-state index is 12.5. The van der Waals surface area contributed by atoms with Crippen LogP contribution in [0.4, 0.5) is 5.82 Å². The summed E-state index contributed by atoms with van der Waals surface area (Å²) in [6.07, 6.45) is 0. The average molecular weight is 345 g/mol. The summed E-state index contributed by atoms with van der Waals surface area (Å²) in [5, 5.41) is 11.5. The van der Waals surface area contributed by atoms with Crippen LogP contribution in [0.2, 0.25) is 0 Å². The van der Waals surface area contributed by atoms with E-state index in [0.29, 0.717) is 5.82 Å². The first kappa shape index (κ1) is 16.1. The number of carbonyl (C=O) groups is 1. The van der Waals surface area contributed by atoms with Crippen LogP contribution in [0.15, 0.2) is 60.7 Å². The van der Waals surface area contributed by atoms with Gasteiger partial charge in [-0.1, -0.05) is 42.5 Å². The molecule has 0 saturated heterocycles. The van der Waals surface area contributed by atoms with Crippen LogP contribution in [0.25, 0.3) is 16.6 Å². The lowest BCUT2D eigenvalue weighted by atomic mass is 10.1. The van der Waals surface area contributed by atoms with Crippen molar-refractivity contribution < 1.29 is 4.79 Å². The van der Waals surface area contributed by atoms with Gasteiger partial charge in [-0.05, 0) is 24.6 Å². The number of anilines is 1. The molecule has 0 aliphatic heterocycles. The van der Waals surface area contributed by atoms with Gasteiger partial charge in [0.2, 0.25) is 5.91 Å². The molecule has 0 fully saturated rings. The van der Waals surface area contributed by atoms with E-state index in [2.05, 4.69) is 15.7 Å². The molecule has 1 amide bonds. The summed E-state index contributed by atoms with van der Waals surface area (Å²) in [5.74, 6) is 0.539. The van der Waals surface area contributed by atoms with Crippen LogP contribution < -0.4 is 10.6 Å². The van der Waals surface area contributed by atoms with E-state index in [1.807, 2.05) is 72.1 Å². The highest BCUT2D eigenvalue weighted by molar-refractivity contribution is 5.94. The molecule has 6 nitrogen and oxygen atoms in total. The van der Waals surface area contributed by atoms with Crippen molar-refractivity contribution in [2.75, 3.05) is 12.4 Å². The molecule has 4 aromatic rings. The lowest BCUT2D eigenvalue weighted by Crippen LogP contribution is -2.31. The van der Waals surface area contributed by atoms with Crippen LogP contribution in [0.1, 0.15) is 17.3 Å². The van der Waals surface area contributed by atoms with E-state index in [9.17, 15) is 4.79 Å². The maximum Gasteiger partial charge on any atom is 0.246 e. The molecular formula is C20H19N5O. The smallest absolute Gasteiger partial charge is 0.246 e. The molecular weight excluding hydrogens is 326 g/mol. The van der Waals surface area contributed by atoms with E-state index in [-0.39, 0.29) is 5.91 Å². The van der Waals surface area contributed by atoms with Gasteiger partial charge in [-0.3, -0.25) is 4.79 Å². The van der Waals surface area contributed by atoms with Crippen LogP contribution in [-0.4, -0.2) is 27.6 Å². The van der Waals surface area contributed by atoms with Crippen molar-refractivity contribution in [2.24, 2.45) is 0 Å².